The van der Waals surface area contributed by atoms with Crippen molar-refractivity contribution in [3.63, 3.8) is 0 Å². The number of rotatable bonds is 10. The number of nitrogens with zero attached hydrogens (tertiary/aromatic N) is 1. The highest BCUT2D eigenvalue weighted by molar-refractivity contribution is 5.81. The predicted octanol–water partition coefficient (Wildman–Crippen LogP) is 2.77. The fourth-order valence-electron chi connectivity index (χ4n) is 2.23. The van der Waals surface area contributed by atoms with Crippen LogP contribution in [-0.4, -0.2) is 38.5 Å². The monoisotopic (exact) mass is 288 g/mol. The highest BCUT2D eigenvalue weighted by Gasteiger charge is 2.00. The molecule has 0 aliphatic heterocycles. The summed E-state index contributed by atoms with van der Waals surface area (Å²) in [5.74, 6) is 0. The first-order chi connectivity index (χ1) is 10.4. The van der Waals surface area contributed by atoms with Gasteiger partial charge >= 0.3 is 0 Å². The van der Waals surface area contributed by atoms with E-state index < -0.39 is 0 Å². The quantitative estimate of drug-likeness (QED) is 0.683. The molecule has 0 aliphatic rings. The third-order valence-corrected chi connectivity index (χ3v) is 3.38. The summed E-state index contributed by atoms with van der Waals surface area (Å²) in [6, 6.07) is 10.4. The highest BCUT2D eigenvalue weighted by atomic mass is 16.5. The molecule has 114 valence electrons. The Bertz CT molecular complexity index is 526. The molecule has 0 radical (unpaired) electrons. The van der Waals surface area contributed by atoms with E-state index in [1.54, 1.807) is 7.11 Å². The molecule has 0 saturated carbocycles. The Labute approximate surface area is 126 Å². The first-order valence-corrected chi connectivity index (χ1v) is 7.52. The van der Waals surface area contributed by atoms with Gasteiger partial charge < -0.3 is 14.8 Å². The molecule has 4 heteroatoms. The first kappa shape index (κ1) is 15.9. The molecule has 0 aliphatic carbocycles. The third-order valence-electron chi connectivity index (χ3n) is 3.38. The van der Waals surface area contributed by atoms with Gasteiger partial charge in [-0.3, -0.25) is 4.98 Å². The second-order valence-electron chi connectivity index (χ2n) is 4.98. The van der Waals surface area contributed by atoms with E-state index in [2.05, 4.69) is 34.6 Å². The van der Waals surface area contributed by atoms with Crippen LogP contribution < -0.4 is 5.32 Å². The summed E-state index contributed by atoms with van der Waals surface area (Å²) >= 11 is 0. The second kappa shape index (κ2) is 9.45. The molecule has 4 nitrogen and oxygen atoms in total. The van der Waals surface area contributed by atoms with E-state index in [1.807, 2.05) is 12.3 Å². The van der Waals surface area contributed by atoms with Gasteiger partial charge in [0.05, 0.1) is 18.7 Å². The van der Waals surface area contributed by atoms with Crippen molar-refractivity contribution in [1.29, 1.82) is 0 Å². The van der Waals surface area contributed by atoms with Crippen LogP contribution in [0.3, 0.4) is 0 Å². The molecule has 0 spiro atoms. The maximum absolute atomic E-state index is 5.44. The zero-order valence-electron chi connectivity index (χ0n) is 12.7. The van der Waals surface area contributed by atoms with E-state index in [9.17, 15) is 0 Å². The summed E-state index contributed by atoms with van der Waals surface area (Å²) in [5.41, 5.74) is 2.36. The normalized spacial score (nSPS) is 11.1. The minimum absolute atomic E-state index is 0.674. The zero-order chi connectivity index (χ0) is 14.8. The van der Waals surface area contributed by atoms with Crippen LogP contribution >= 0.6 is 0 Å². The van der Waals surface area contributed by atoms with Crippen molar-refractivity contribution >= 4 is 10.9 Å². The molecule has 1 N–H and O–H groups in total. The van der Waals surface area contributed by atoms with Gasteiger partial charge in [0, 0.05) is 31.8 Å². The van der Waals surface area contributed by atoms with Crippen LogP contribution in [0.15, 0.2) is 36.5 Å². The molecule has 21 heavy (non-hydrogen) atoms. The standard InChI is InChI=1S/C17H24N2O2/c1-20-12-13-21-11-5-4-9-18-14-15-8-10-19-17-7-3-2-6-16(15)17/h2-3,6-8,10,18H,4-5,9,11-14H2,1H3. The van der Waals surface area contributed by atoms with Gasteiger partial charge in [0.2, 0.25) is 0 Å². The van der Waals surface area contributed by atoms with Gasteiger partial charge in [-0.05, 0) is 37.1 Å². The molecule has 0 saturated heterocycles. The van der Waals surface area contributed by atoms with Crippen molar-refractivity contribution in [3.05, 3.63) is 42.1 Å². The number of methoxy groups -OCH3 is 1. The van der Waals surface area contributed by atoms with Crippen molar-refractivity contribution in [1.82, 2.24) is 10.3 Å². The van der Waals surface area contributed by atoms with Gasteiger partial charge in [-0.25, -0.2) is 0 Å². The molecular weight excluding hydrogens is 264 g/mol. The van der Waals surface area contributed by atoms with E-state index in [1.165, 1.54) is 10.9 Å². The Kier molecular flexibility index (Phi) is 7.15. The fourth-order valence-corrected chi connectivity index (χ4v) is 2.23. The third kappa shape index (κ3) is 5.42. The van der Waals surface area contributed by atoms with Crippen LogP contribution in [0, 0.1) is 0 Å². The van der Waals surface area contributed by atoms with Crippen LogP contribution in [0.5, 0.6) is 0 Å². The molecule has 0 atom stereocenters. The largest absolute Gasteiger partial charge is 0.382 e. The number of para-hydroxylation sites is 1. The summed E-state index contributed by atoms with van der Waals surface area (Å²) < 4.78 is 10.4. The number of ether oxygens (including phenoxy) is 2. The van der Waals surface area contributed by atoms with E-state index in [0.717, 1.165) is 38.1 Å². The summed E-state index contributed by atoms with van der Waals surface area (Å²) in [7, 11) is 1.69. The molecule has 0 amide bonds. The van der Waals surface area contributed by atoms with Gasteiger partial charge in [-0.2, -0.15) is 0 Å². The fraction of sp³-hybridized carbons (Fsp3) is 0.471. The summed E-state index contributed by atoms with van der Waals surface area (Å²) in [4.78, 5) is 4.38. The summed E-state index contributed by atoms with van der Waals surface area (Å²) in [6.45, 7) is 4.06. The van der Waals surface area contributed by atoms with Crippen molar-refractivity contribution in [2.24, 2.45) is 0 Å². The van der Waals surface area contributed by atoms with Crippen LogP contribution in [0.2, 0.25) is 0 Å². The number of hydrogen-bond donors (Lipinski definition) is 1. The lowest BCUT2D eigenvalue weighted by atomic mass is 10.1. The number of unbranched alkanes of at least 4 members (excludes halogenated alkanes) is 1. The minimum Gasteiger partial charge on any atom is -0.382 e. The molecule has 1 heterocycles. The van der Waals surface area contributed by atoms with Gasteiger partial charge in [0.1, 0.15) is 0 Å². The van der Waals surface area contributed by atoms with Crippen molar-refractivity contribution < 1.29 is 9.47 Å². The molecule has 0 fully saturated rings. The zero-order valence-corrected chi connectivity index (χ0v) is 12.7. The SMILES string of the molecule is COCCOCCCCNCc1ccnc2ccccc12. The Morgan fingerprint density at radius 3 is 2.86 bits per heavy atom. The van der Waals surface area contributed by atoms with Crippen molar-refractivity contribution in [3.8, 4) is 0 Å². The molecule has 2 aromatic rings. The van der Waals surface area contributed by atoms with Crippen LogP contribution in [0.1, 0.15) is 18.4 Å². The van der Waals surface area contributed by atoms with E-state index in [4.69, 9.17) is 9.47 Å². The topological polar surface area (TPSA) is 43.4 Å². The smallest absolute Gasteiger partial charge is 0.0705 e. The van der Waals surface area contributed by atoms with Crippen LogP contribution in [-0.2, 0) is 16.0 Å². The first-order valence-electron chi connectivity index (χ1n) is 7.52. The maximum atomic E-state index is 5.44. The van der Waals surface area contributed by atoms with Gasteiger partial charge in [-0.1, -0.05) is 18.2 Å². The molecule has 2 rings (SSSR count). The van der Waals surface area contributed by atoms with Crippen molar-refractivity contribution in [2.75, 3.05) is 33.5 Å². The highest BCUT2D eigenvalue weighted by Crippen LogP contribution is 2.15. The van der Waals surface area contributed by atoms with E-state index in [0.29, 0.717) is 13.2 Å². The molecule has 0 bridgehead atoms. The number of aromatic nitrogens is 1. The Morgan fingerprint density at radius 1 is 1.05 bits per heavy atom. The predicted molar refractivity (Wildman–Crippen MR) is 85.4 cm³/mol. The lowest BCUT2D eigenvalue weighted by Gasteiger charge is -2.08. The van der Waals surface area contributed by atoms with Gasteiger partial charge in [-0.15, -0.1) is 0 Å². The molecule has 1 aromatic heterocycles. The van der Waals surface area contributed by atoms with Crippen LogP contribution in [0.25, 0.3) is 10.9 Å². The van der Waals surface area contributed by atoms with E-state index in [-0.39, 0.29) is 0 Å². The average Bonchev–Trinajstić information content (AvgIpc) is 2.53. The molecule has 1 aromatic carbocycles. The summed E-state index contributed by atoms with van der Waals surface area (Å²) in [5, 5.41) is 4.72. The van der Waals surface area contributed by atoms with Gasteiger partial charge in [0.15, 0.2) is 0 Å². The van der Waals surface area contributed by atoms with Crippen LogP contribution in [0.4, 0.5) is 0 Å². The maximum Gasteiger partial charge on any atom is 0.0705 e. The number of nitrogens with one attached hydrogen (secondary N) is 1. The molecular formula is C17H24N2O2. The lowest BCUT2D eigenvalue weighted by Crippen LogP contribution is -2.15. The van der Waals surface area contributed by atoms with Gasteiger partial charge in [0.25, 0.3) is 0 Å². The summed E-state index contributed by atoms with van der Waals surface area (Å²) in [6.07, 6.45) is 4.08. The molecule has 0 unspecified atom stereocenters. The van der Waals surface area contributed by atoms with Crippen molar-refractivity contribution in [2.45, 2.75) is 19.4 Å². The minimum atomic E-state index is 0.674. The lowest BCUT2D eigenvalue weighted by molar-refractivity contribution is 0.0688. The Balaban J connectivity index is 1.64. The number of hydrogen-bond acceptors (Lipinski definition) is 4. The number of benzene rings is 1. The van der Waals surface area contributed by atoms with E-state index >= 15 is 0 Å². The number of pyridine rings is 1. The number of fused-ring (bicyclic) bond motifs is 1. The second-order valence-corrected chi connectivity index (χ2v) is 4.98. The Hall–Kier alpha value is -1.49. The Morgan fingerprint density at radius 2 is 1.95 bits per heavy atom. The average molecular weight is 288 g/mol.